The highest BCUT2D eigenvalue weighted by molar-refractivity contribution is 8.10. The molecule has 4 rings (SSSR count). The molecule has 0 fully saturated rings. The van der Waals surface area contributed by atoms with Gasteiger partial charge in [-0.2, -0.15) is 8.81 Å². The summed E-state index contributed by atoms with van der Waals surface area (Å²) in [6, 6.07) is 15.7. The lowest BCUT2D eigenvalue weighted by molar-refractivity contribution is 0.585. The van der Waals surface area contributed by atoms with Crippen molar-refractivity contribution in [2.24, 2.45) is 0 Å². The van der Waals surface area contributed by atoms with E-state index in [4.69, 9.17) is 0 Å². The van der Waals surface area contributed by atoms with Crippen molar-refractivity contribution >= 4 is 36.6 Å². The van der Waals surface area contributed by atoms with Crippen LogP contribution in [0.4, 0.5) is 5.69 Å². The van der Waals surface area contributed by atoms with Crippen LogP contribution in [-0.2, 0) is 20.0 Å². The van der Waals surface area contributed by atoms with Crippen LogP contribution in [0.1, 0.15) is 6.92 Å². The molecule has 0 bridgehead atoms. The zero-order chi connectivity index (χ0) is 20.6. The fourth-order valence-corrected chi connectivity index (χ4v) is 6.58. The summed E-state index contributed by atoms with van der Waals surface area (Å²) in [6.45, 7) is 1.41. The number of aromatic nitrogens is 3. The molecule has 0 spiro atoms. The van der Waals surface area contributed by atoms with Crippen molar-refractivity contribution in [2.45, 2.75) is 11.8 Å². The van der Waals surface area contributed by atoms with Gasteiger partial charge in [-0.05, 0) is 49.4 Å². The molecule has 0 aliphatic rings. The number of rotatable bonds is 6. The number of hydrogen-bond acceptors (Lipinski definition) is 5. The lowest BCUT2D eigenvalue weighted by Crippen LogP contribution is -2.38. The van der Waals surface area contributed by atoms with E-state index < -0.39 is 20.0 Å². The summed E-state index contributed by atoms with van der Waals surface area (Å²) in [4.78, 5) is 2.94. The Morgan fingerprint density at radius 1 is 0.966 bits per heavy atom. The Morgan fingerprint density at radius 2 is 1.72 bits per heavy atom. The number of nitrogens with one attached hydrogen (secondary N) is 2. The quantitative estimate of drug-likeness (QED) is 0.488. The topological polar surface area (TPSA) is 116 Å². The van der Waals surface area contributed by atoms with Crippen LogP contribution in [0.2, 0.25) is 0 Å². The third kappa shape index (κ3) is 3.30. The fourth-order valence-electron chi connectivity index (χ4n) is 3.05. The monoisotopic (exact) mass is 430 g/mol. The number of nitrogens with zero attached hydrogens (tertiary/aromatic N) is 2. The Labute approximate surface area is 168 Å². The molecule has 150 valence electrons. The molecule has 0 aliphatic heterocycles. The summed E-state index contributed by atoms with van der Waals surface area (Å²) >= 11 is 0. The van der Waals surface area contributed by atoms with Crippen molar-refractivity contribution < 1.29 is 16.8 Å². The third-order valence-corrected chi connectivity index (χ3v) is 8.72. The second-order valence-corrected chi connectivity index (χ2v) is 10.4. The summed E-state index contributed by atoms with van der Waals surface area (Å²) in [6.07, 6.45) is 1.74. The Balaban J connectivity index is 1.95. The number of hydrogen-bond donors (Lipinski definition) is 2. The van der Waals surface area contributed by atoms with Crippen LogP contribution >= 0.6 is 0 Å². The summed E-state index contributed by atoms with van der Waals surface area (Å²) in [5, 5.41) is 7.75. The number of sulfonamides is 2. The van der Waals surface area contributed by atoms with Crippen LogP contribution in [0.25, 0.3) is 22.3 Å². The van der Waals surface area contributed by atoms with Gasteiger partial charge in [0.2, 0.25) is 10.0 Å². The van der Waals surface area contributed by atoms with Crippen molar-refractivity contribution in [1.29, 1.82) is 0 Å². The first kappa shape index (κ1) is 19.2. The van der Waals surface area contributed by atoms with Crippen LogP contribution in [0.15, 0.2) is 71.8 Å². The average Bonchev–Trinajstić information content (AvgIpc) is 3.37. The Kier molecular flexibility index (Phi) is 4.67. The van der Waals surface area contributed by atoms with E-state index in [0.717, 1.165) is 5.69 Å². The first-order valence-corrected chi connectivity index (χ1v) is 11.8. The fraction of sp³-hybridized carbons (Fsp3) is 0.105. The molecule has 2 aromatic carbocycles. The van der Waals surface area contributed by atoms with Gasteiger partial charge in [0.1, 0.15) is 5.69 Å². The van der Waals surface area contributed by atoms with Gasteiger partial charge in [-0.1, -0.05) is 18.2 Å². The molecule has 0 saturated heterocycles. The molecule has 4 aromatic rings. The maximum atomic E-state index is 13.2. The van der Waals surface area contributed by atoms with E-state index in [2.05, 4.69) is 15.2 Å². The van der Waals surface area contributed by atoms with Crippen LogP contribution in [0, 0.1) is 0 Å². The molecule has 2 heterocycles. The predicted octanol–water partition coefficient (Wildman–Crippen LogP) is 3.10. The molecule has 2 aromatic heterocycles. The summed E-state index contributed by atoms with van der Waals surface area (Å²) < 4.78 is 52.6. The molecule has 2 N–H and O–H groups in total. The van der Waals surface area contributed by atoms with Gasteiger partial charge in [0.05, 0.1) is 27.5 Å². The van der Waals surface area contributed by atoms with Gasteiger partial charge >= 0.3 is 0 Å². The van der Waals surface area contributed by atoms with E-state index in [1.54, 1.807) is 30.5 Å². The number of H-pyrrole nitrogens is 2. The second-order valence-electron chi connectivity index (χ2n) is 6.30. The van der Waals surface area contributed by atoms with Gasteiger partial charge in [0.15, 0.2) is 0 Å². The maximum absolute atomic E-state index is 13.2. The van der Waals surface area contributed by atoms with Crippen molar-refractivity contribution in [1.82, 2.24) is 15.2 Å². The lowest BCUT2D eigenvalue weighted by atomic mass is 10.1. The molecular weight excluding hydrogens is 412 g/mol. The molecule has 29 heavy (non-hydrogen) atoms. The van der Waals surface area contributed by atoms with E-state index in [0.29, 0.717) is 20.3 Å². The van der Waals surface area contributed by atoms with Crippen molar-refractivity contribution in [3.63, 3.8) is 0 Å². The minimum Gasteiger partial charge on any atom is -0.360 e. The van der Waals surface area contributed by atoms with Gasteiger partial charge in [0, 0.05) is 11.6 Å². The Hall–Kier alpha value is -3.11. The van der Waals surface area contributed by atoms with Gasteiger partial charge < -0.3 is 4.98 Å². The molecule has 0 radical (unpaired) electrons. The smallest absolute Gasteiger partial charge is 0.277 e. The van der Waals surface area contributed by atoms with Crippen LogP contribution < -0.4 is 3.71 Å². The molecule has 0 amide bonds. The third-order valence-electron chi connectivity index (χ3n) is 4.49. The predicted molar refractivity (Wildman–Crippen MR) is 111 cm³/mol. The largest absolute Gasteiger partial charge is 0.360 e. The zero-order valence-corrected chi connectivity index (χ0v) is 17.0. The highest BCUT2D eigenvalue weighted by Gasteiger charge is 2.34. The van der Waals surface area contributed by atoms with Gasteiger partial charge in [-0.25, -0.2) is 16.8 Å². The van der Waals surface area contributed by atoms with Gasteiger partial charge in [-0.15, -0.1) is 0 Å². The number of fused-ring (bicyclic) bond motifs is 1. The Morgan fingerprint density at radius 3 is 2.38 bits per heavy atom. The SMILES string of the molecule is CCS(=O)(=O)N(c1ccc2[nH]nc(-c3ccc[nH]3)c2c1)S(=O)(=O)c1ccccc1. The Bertz CT molecular complexity index is 1360. The number of benzene rings is 2. The first-order chi connectivity index (χ1) is 13.8. The number of anilines is 1. The molecule has 0 atom stereocenters. The summed E-state index contributed by atoms with van der Waals surface area (Å²) in [5.74, 6) is -0.369. The van der Waals surface area contributed by atoms with Crippen molar-refractivity contribution in [3.8, 4) is 11.4 Å². The highest BCUT2D eigenvalue weighted by atomic mass is 32.3. The van der Waals surface area contributed by atoms with E-state index in [9.17, 15) is 16.8 Å². The molecule has 8 nitrogen and oxygen atoms in total. The van der Waals surface area contributed by atoms with Crippen LogP contribution in [0.5, 0.6) is 0 Å². The first-order valence-electron chi connectivity index (χ1n) is 8.80. The molecule has 10 heteroatoms. The van der Waals surface area contributed by atoms with E-state index in [1.165, 1.54) is 31.2 Å². The van der Waals surface area contributed by atoms with Crippen LogP contribution in [0.3, 0.4) is 0 Å². The van der Waals surface area contributed by atoms with E-state index >= 15 is 0 Å². The van der Waals surface area contributed by atoms with E-state index in [-0.39, 0.29) is 16.3 Å². The standard InChI is InChI=1S/C19H18N4O4S2/c1-2-28(24,25)23(29(26,27)15-7-4-3-5-8-15)14-10-11-17-16(13-14)19(22-21-17)18-9-6-12-20-18/h3-13,20H,2H2,1H3,(H,21,22). The van der Waals surface area contributed by atoms with Crippen molar-refractivity contribution in [3.05, 3.63) is 66.9 Å². The zero-order valence-electron chi connectivity index (χ0n) is 15.4. The average molecular weight is 431 g/mol. The minimum atomic E-state index is -4.34. The van der Waals surface area contributed by atoms with Gasteiger partial charge in [-0.3, -0.25) is 5.10 Å². The maximum Gasteiger partial charge on any atom is 0.277 e. The van der Waals surface area contributed by atoms with Crippen LogP contribution in [-0.4, -0.2) is 37.8 Å². The van der Waals surface area contributed by atoms with Crippen molar-refractivity contribution in [2.75, 3.05) is 9.46 Å². The normalized spacial score (nSPS) is 12.3. The second kappa shape index (κ2) is 7.05. The molecule has 0 saturated carbocycles. The summed E-state index contributed by atoms with van der Waals surface area (Å²) in [5.41, 5.74) is 1.98. The lowest BCUT2D eigenvalue weighted by Gasteiger charge is -2.23. The van der Waals surface area contributed by atoms with E-state index in [1.807, 2.05) is 12.1 Å². The number of aromatic amines is 2. The van der Waals surface area contributed by atoms with Gasteiger partial charge in [0.25, 0.3) is 10.0 Å². The highest BCUT2D eigenvalue weighted by Crippen LogP contribution is 2.33. The molecule has 0 unspecified atom stereocenters. The molecule has 0 aliphatic carbocycles. The molecular formula is C19H18N4O4S2. The summed E-state index contributed by atoms with van der Waals surface area (Å²) in [7, 11) is -8.47. The minimum absolute atomic E-state index is 0.0254.